The third-order valence-corrected chi connectivity index (χ3v) is 5.30. The molecule has 0 spiro atoms. The molecule has 0 bridgehead atoms. The number of halogens is 1. The highest BCUT2D eigenvalue weighted by Crippen LogP contribution is 2.29. The zero-order valence-electron chi connectivity index (χ0n) is 19.5. The Balaban J connectivity index is 1.32. The van der Waals surface area contributed by atoms with Crippen molar-refractivity contribution >= 4 is 34.5 Å². The average molecular weight is 486 g/mol. The molecule has 2 N–H and O–H groups in total. The van der Waals surface area contributed by atoms with E-state index in [9.17, 15) is 14.0 Å². The van der Waals surface area contributed by atoms with Crippen molar-refractivity contribution in [2.24, 2.45) is 5.10 Å². The van der Waals surface area contributed by atoms with Gasteiger partial charge in [0, 0.05) is 5.69 Å². The number of nitrogens with zero attached hydrogens (tertiary/aromatic N) is 1. The van der Waals surface area contributed by atoms with Crippen LogP contribution in [0, 0.1) is 5.82 Å². The Bertz CT molecular complexity index is 1400. The van der Waals surface area contributed by atoms with Gasteiger partial charge in [0.25, 0.3) is 0 Å². The Morgan fingerprint density at radius 1 is 0.917 bits per heavy atom. The molecule has 0 radical (unpaired) electrons. The maximum Gasteiger partial charge on any atom is 0.249 e. The Labute approximate surface area is 207 Å². The predicted octanol–water partition coefficient (Wildman–Crippen LogP) is 5.05. The van der Waals surface area contributed by atoms with E-state index in [1.54, 1.807) is 25.3 Å². The van der Waals surface area contributed by atoms with Crippen LogP contribution >= 0.6 is 0 Å². The van der Waals surface area contributed by atoms with Gasteiger partial charge >= 0.3 is 0 Å². The number of hydrogen-bond donors (Lipinski definition) is 2. The summed E-state index contributed by atoms with van der Waals surface area (Å²) in [4.78, 5) is 23.9. The summed E-state index contributed by atoms with van der Waals surface area (Å²) in [5.41, 5.74) is 4.44. The number of carbonyl (C=O) groups excluding carboxylic acids is 2. The van der Waals surface area contributed by atoms with Gasteiger partial charge in [-0.25, -0.2) is 9.82 Å². The number of rotatable bonds is 9. The Morgan fingerprint density at radius 3 is 2.50 bits per heavy atom. The quantitative estimate of drug-likeness (QED) is 0.197. The largest absolute Gasteiger partial charge is 0.493 e. The highest BCUT2D eigenvalue weighted by Gasteiger charge is 2.10. The van der Waals surface area contributed by atoms with Crippen molar-refractivity contribution in [3.05, 3.63) is 102 Å². The second-order valence-corrected chi connectivity index (χ2v) is 7.86. The first kappa shape index (κ1) is 24.4. The summed E-state index contributed by atoms with van der Waals surface area (Å²) in [5, 5.41) is 8.68. The molecule has 0 saturated carbocycles. The second kappa shape index (κ2) is 11.6. The van der Waals surface area contributed by atoms with Gasteiger partial charge < -0.3 is 14.8 Å². The van der Waals surface area contributed by atoms with E-state index in [-0.39, 0.29) is 0 Å². The van der Waals surface area contributed by atoms with Gasteiger partial charge in [0.2, 0.25) is 11.8 Å². The number of benzene rings is 4. The lowest BCUT2D eigenvalue weighted by atomic mass is 10.1. The topological polar surface area (TPSA) is 89.0 Å². The van der Waals surface area contributed by atoms with Gasteiger partial charge in [0.05, 0.1) is 13.3 Å². The number of ether oxygens (including phenoxy) is 2. The van der Waals surface area contributed by atoms with Crippen molar-refractivity contribution in [1.82, 2.24) is 5.43 Å². The van der Waals surface area contributed by atoms with Gasteiger partial charge in [-0.15, -0.1) is 0 Å². The Morgan fingerprint density at radius 2 is 1.69 bits per heavy atom. The maximum atomic E-state index is 12.9. The number of carbonyl (C=O) groups is 2. The highest BCUT2D eigenvalue weighted by molar-refractivity contribution is 6.03. The Kier molecular flexibility index (Phi) is 7.87. The van der Waals surface area contributed by atoms with Crippen molar-refractivity contribution in [3.8, 4) is 11.5 Å². The van der Waals surface area contributed by atoms with Crippen LogP contribution in [0.15, 0.2) is 90.0 Å². The fourth-order valence-corrected chi connectivity index (χ4v) is 3.56. The second-order valence-electron chi connectivity index (χ2n) is 7.86. The molecule has 4 aromatic carbocycles. The molecular formula is C28H24FN3O4. The third kappa shape index (κ3) is 6.44. The van der Waals surface area contributed by atoms with E-state index in [2.05, 4.69) is 34.0 Å². The van der Waals surface area contributed by atoms with E-state index in [0.717, 1.165) is 16.3 Å². The van der Waals surface area contributed by atoms with Gasteiger partial charge in [-0.05, 0) is 64.4 Å². The SMILES string of the molecule is COc1cc(C=NNC(=O)CC(=O)Nc2ccc(F)cc2)ccc1OCc1cccc2ccccc12. The lowest BCUT2D eigenvalue weighted by Crippen LogP contribution is -2.24. The molecule has 0 heterocycles. The fraction of sp³-hybridized carbons (Fsp3) is 0.107. The van der Waals surface area contributed by atoms with Crippen molar-refractivity contribution in [3.63, 3.8) is 0 Å². The number of hydrazone groups is 1. The molecule has 36 heavy (non-hydrogen) atoms. The third-order valence-electron chi connectivity index (χ3n) is 5.30. The molecular weight excluding hydrogens is 461 g/mol. The van der Waals surface area contributed by atoms with Gasteiger partial charge in [-0.2, -0.15) is 5.10 Å². The fourth-order valence-electron chi connectivity index (χ4n) is 3.56. The van der Waals surface area contributed by atoms with E-state index < -0.39 is 24.1 Å². The summed E-state index contributed by atoms with van der Waals surface area (Å²) in [6, 6.07) is 24.7. The molecule has 0 unspecified atom stereocenters. The number of hydrogen-bond acceptors (Lipinski definition) is 5. The standard InChI is InChI=1S/C28H24FN3O4/c1-35-26-15-19(17-30-32-28(34)16-27(33)31-23-12-10-22(29)11-13-23)9-14-25(26)36-18-21-7-4-6-20-5-2-3-8-24(20)21/h2-15,17H,16,18H2,1H3,(H,31,33)(H,32,34). The summed E-state index contributed by atoms with van der Waals surface area (Å²) < 4.78 is 24.4. The number of anilines is 1. The van der Waals surface area contributed by atoms with Gasteiger partial charge in [-0.1, -0.05) is 42.5 Å². The van der Waals surface area contributed by atoms with Crippen molar-refractivity contribution in [2.75, 3.05) is 12.4 Å². The molecule has 182 valence electrons. The minimum absolute atomic E-state index is 0.376. The predicted molar refractivity (Wildman–Crippen MR) is 137 cm³/mol. The maximum absolute atomic E-state index is 12.9. The van der Waals surface area contributed by atoms with Gasteiger partial charge in [0.15, 0.2) is 11.5 Å². The molecule has 0 aliphatic rings. The molecule has 7 nitrogen and oxygen atoms in total. The molecule has 0 fully saturated rings. The van der Waals surface area contributed by atoms with Crippen LogP contribution in [0.5, 0.6) is 11.5 Å². The summed E-state index contributed by atoms with van der Waals surface area (Å²) in [7, 11) is 1.54. The molecule has 0 atom stereocenters. The summed E-state index contributed by atoms with van der Waals surface area (Å²) in [5.74, 6) is -0.453. The smallest absolute Gasteiger partial charge is 0.249 e. The first-order chi connectivity index (χ1) is 17.5. The van der Waals surface area contributed by atoms with Crippen LogP contribution in [0.25, 0.3) is 10.8 Å². The van der Waals surface area contributed by atoms with Crippen molar-refractivity contribution < 1.29 is 23.5 Å². The molecule has 0 aliphatic heterocycles. The van der Waals surface area contributed by atoms with E-state index in [4.69, 9.17) is 9.47 Å². The first-order valence-electron chi connectivity index (χ1n) is 11.2. The summed E-state index contributed by atoms with van der Waals surface area (Å²) in [6.45, 7) is 0.376. The minimum Gasteiger partial charge on any atom is -0.493 e. The lowest BCUT2D eigenvalue weighted by molar-refractivity contribution is -0.126. The van der Waals surface area contributed by atoms with Crippen LogP contribution in [-0.4, -0.2) is 25.1 Å². The average Bonchev–Trinajstić information content (AvgIpc) is 2.89. The zero-order valence-corrected chi connectivity index (χ0v) is 19.5. The molecule has 8 heteroatoms. The van der Waals surface area contributed by atoms with E-state index in [1.165, 1.54) is 30.5 Å². The molecule has 0 saturated heterocycles. The van der Waals surface area contributed by atoms with Crippen LogP contribution in [0.2, 0.25) is 0 Å². The van der Waals surface area contributed by atoms with E-state index in [0.29, 0.717) is 29.4 Å². The monoisotopic (exact) mass is 485 g/mol. The molecule has 0 aliphatic carbocycles. The normalized spacial score (nSPS) is 10.8. The van der Waals surface area contributed by atoms with Crippen LogP contribution in [0.3, 0.4) is 0 Å². The van der Waals surface area contributed by atoms with Crippen LogP contribution in [0.1, 0.15) is 17.5 Å². The van der Waals surface area contributed by atoms with E-state index >= 15 is 0 Å². The molecule has 4 rings (SSSR count). The van der Waals surface area contributed by atoms with Crippen molar-refractivity contribution in [2.45, 2.75) is 13.0 Å². The summed E-state index contributed by atoms with van der Waals surface area (Å²) >= 11 is 0. The number of methoxy groups -OCH3 is 1. The zero-order chi connectivity index (χ0) is 25.3. The number of fused-ring (bicyclic) bond motifs is 1. The van der Waals surface area contributed by atoms with Crippen LogP contribution in [0.4, 0.5) is 10.1 Å². The molecule has 2 amide bonds. The van der Waals surface area contributed by atoms with Gasteiger partial charge in [0.1, 0.15) is 18.8 Å². The minimum atomic E-state index is -0.590. The van der Waals surface area contributed by atoms with E-state index in [1.807, 2.05) is 24.3 Å². The van der Waals surface area contributed by atoms with Gasteiger partial charge in [-0.3, -0.25) is 9.59 Å². The van der Waals surface area contributed by atoms with Crippen molar-refractivity contribution in [1.29, 1.82) is 0 Å². The lowest BCUT2D eigenvalue weighted by Gasteiger charge is -2.12. The molecule has 4 aromatic rings. The summed E-state index contributed by atoms with van der Waals surface area (Å²) in [6.07, 6.45) is 1.01. The van der Waals surface area contributed by atoms with Crippen LogP contribution in [-0.2, 0) is 16.2 Å². The Hall–Kier alpha value is -4.72. The van der Waals surface area contributed by atoms with Crippen LogP contribution < -0.4 is 20.2 Å². The highest BCUT2D eigenvalue weighted by atomic mass is 19.1. The number of nitrogens with one attached hydrogen (secondary N) is 2. The molecule has 0 aromatic heterocycles. The first-order valence-corrected chi connectivity index (χ1v) is 11.2. The number of amides is 2.